The van der Waals surface area contributed by atoms with Crippen LogP contribution >= 0.6 is 11.6 Å². The number of aromatic nitrogens is 1. The second-order valence-corrected chi connectivity index (χ2v) is 9.09. The van der Waals surface area contributed by atoms with Gasteiger partial charge in [-0.05, 0) is 41.8 Å². The van der Waals surface area contributed by atoms with Gasteiger partial charge >= 0.3 is 0 Å². The van der Waals surface area contributed by atoms with Crippen LogP contribution in [0.15, 0.2) is 78.0 Å². The average molecular weight is 415 g/mol. The normalized spacial score (nSPS) is 21.2. The van der Waals surface area contributed by atoms with Crippen LogP contribution < -0.4 is 0 Å². The molecule has 0 amide bonds. The smallest absolute Gasteiger partial charge is 0.244 e. The van der Waals surface area contributed by atoms with E-state index in [4.69, 9.17) is 11.6 Å². The van der Waals surface area contributed by atoms with Crippen LogP contribution in [-0.4, -0.2) is 28.9 Å². The predicted octanol–water partition coefficient (Wildman–Crippen LogP) is 3.58. The molecule has 1 N–H and O–H groups in total. The van der Waals surface area contributed by atoms with Gasteiger partial charge in [0.15, 0.2) is 0 Å². The van der Waals surface area contributed by atoms with Crippen LogP contribution in [0.5, 0.6) is 0 Å². The summed E-state index contributed by atoms with van der Waals surface area (Å²) in [4.78, 5) is 4.23. The van der Waals surface area contributed by atoms with E-state index in [2.05, 4.69) is 4.98 Å². The molecule has 7 heteroatoms. The van der Waals surface area contributed by atoms with Crippen molar-refractivity contribution >= 4 is 21.6 Å². The number of rotatable bonds is 4. The number of pyridine rings is 1. The summed E-state index contributed by atoms with van der Waals surface area (Å²) in [6.45, 7) is 0.139. The van der Waals surface area contributed by atoms with Gasteiger partial charge < -0.3 is 5.11 Å². The Morgan fingerprint density at radius 2 is 1.75 bits per heavy atom. The quantitative estimate of drug-likeness (QED) is 0.708. The minimum absolute atomic E-state index is 0.139. The maximum Gasteiger partial charge on any atom is 0.244 e. The van der Waals surface area contributed by atoms with E-state index >= 15 is 0 Å². The van der Waals surface area contributed by atoms with Crippen LogP contribution in [0, 0.1) is 0 Å². The van der Waals surface area contributed by atoms with Gasteiger partial charge in [-0.15, -0.1) is 0 Å². The van der Waals surface area contributed by atoms with Crippen molar-refractivity contribution in [2.75, 3.05) is 0 Å². The molecule has 0 aliphatic carbocycles. The van der Waals surface area contributed by atoms with Crippen LogP contribution in [-0.2, 0) is 23.0 Å². The highest BCUT2D eigenvalue weighted by Crippen LogP contribution is 2.38. The van der Waals surface area contributed by atoms with Crippen LogP contribution in [0.2, 0.25) is 5.02 Å². The lowest BCUT2D eigenvalue weighted by Gasteiger charge is -2.39. The van der Waals surface area contributed by atoms with Crippen LogP contribution in [0.4, 0.5) is 0 Å². The lowest BCUT2D eigenvalue weighted by Crippen LogP contribution is -2.48. The van der Waals surface area contributed by atoms with Gasteiger partial charge in [0, 0.05) is 29.5 Å². The first-order chi connectivity index (χ1) is 13.5. The fourth-order valence-electron chi connectivity index (χ4n) is 3.58. The molecule has 0 unspecified atom stereocenters. The number of benzene rings is 2. The van der Waals surface area contributed by atoms with Crippen molar-refractivity contribution in [3.05, 3.63) is 94.8 Å². The molecule has 2 heterocycles. The van der Waals surface area contributed by atoms with E-state index in [0.717, 1.165) is 11.1 Å². The molecule has 1 aromatic heterocycles. The first-order valence-electron chi connectivity index (χ1n) is 8.89. The van der Waals surface area contributed by atoms with Crippen molar-refractivity contribution < 1.29 is 13.5 Å². The highest BCUT2D eigenvalue weighted by molar-refractivity contribution is 7.89. The summed E-state index contributed by atoms with van der Waals surface area (Å²) in [5.41, 5.74) is 2.10. The van der Waals surface area contributed by atoms with Crippen molar-refractivity contribution in [3.63, 3.8) is 0 Å². The third-order valence-electron chi connectivity index (χ3n) is 4.98. The maximum absolute atomic E-state index is 13.4. The first-order valence-corrected chi connectivity index (χ1v) is 10.7. The number of halogens is 1. The van der Waals surface area contributed by atoms with Gasteiger partial charge in [0.25, 0.3) is 0 Å². The number of fused-ring (bicyclic) bond motifs is 1. The van der Waals surface area contributed by atoms with Crippen molar-refractivity contribution in [3.8, 4) is 0 Å². The molecule has 1 aliphatic heterocycles. The summed E-state index contributed by atoms with van der Waals surface area (Å²) in [6, 6.07) is 16.8. The summed E-state index contributed by atoms with van der Waals surface area (Å²) < 4.78 is 28.1. The van der Waals surface area contributed by atoms with Crippen LogP contribution in [0.3, 0.4) is 0 Å². The zero-order valence-corrected chi connectivity index (χ0v) is 16.5. The average Bonchev–Trinajstić information content (AvgIpc) is 2.71. The molecule has 2 atom stereocenters. The van der Waals surface area contributed by atoms with Gasteiger partial charge in [-0.25, -0.2) is 8.42 Å². The van der Waals surface area contributed by atoms with E-state index in [1.165, 1.54) is 4.31 Å². The molecule has 144 valence electrons. The standard InChI is InChI=1S/C21H19ClN2O3S/c22-17-9-7-15(8-10-17)12-19-21(25)18-5-1-2-6-20(18)28(26,27)24(19)14-16-4-3-11-23-13-16/h1-11,13,19,21,25H,12,14H2/t19-,21-/m0/s1. The van der Waals surface area contributed by atoms with Crippen LogP contribution in [0.25, 0.3) is 0 Å². The zero-order chi connectivity index (χ0) is 19.7. The zero-order valence-electron chi connectivity index (χ0n) is 14.9. The predicted molar refractivity (Wildman–Crippen MR) is 107 cm³/mol. The topological polar surface area (TPSA) is 70.5 Å². The van der Waals surface area contributed by atoms with Gasteiger partial charge in [-0.3, -0.25) is 4.98 Å². The molecule has 0 fully saturated rings. The van der Waals surface area contributed by atoms with Crippen molar-refractivity contribution in [1.82, 2.24) is 9.29 Å². The largest absolute Gasteiger partial charge is 0.387 e. The van der Waals surface area contributed by atoms with Gasteiger partial charge in [-0.1, -0.05) is 48.0 Å². The molecule has 28 heavy (non-hydrogen) atoms. The van der Waals surface area contributed by atoms with E-state index in [-0.39, 0.29) is 11.4 Å². The molecule has 2 aromatic carbocycles. The van der Waals surface area contributed by atoms with Gasteiger partial charge in [0.05, 0.1) is 17.0 Å². The van der Waals surface area contributed by atoms with Crippen molar-refractivity contribution in [2.24, 2.45) is 0 Å². The summed E-state index contributed by atoms with van der Waals surface area (Å²) in [6.07, 6.45) is 2.71. The molecule has 0 bridgehead atoms. The monoisotopic (exact) mass is 414 g/mol. The number of hydrogen-bond donors (Lipinski definition) is 1. The first kappa shape index (κ1) is 19.1. The lowest BCUT2D eigenvalue weighted by molar-refractivity contribution is 0.0769. The fraction of sp³-hybridized carbons (Fsp3) is 0.190. The Morgan fingerprint density at radius 3 is 2.46 bits per heavy atom. The minimum Gasteiger partial charge on any atom is -0.387 e. The maximum atomic E-state index is 13.4. The van der Waals surface area contributed by atoms with Gasteiger partial charge in [-0.2, -0.15) is 4.31 Å². The van der Waals surface area contributed by atoms with E-state index in [1.54, 1.807) is 54.9 Å². The Kier molecular flexibility index (Phi) is 5.21. The Balaban J connectivity index is 1.78. The summed E-state index contributed by atoms with van der Waals surface area (Å²) >= 11 is 5.97. The Hall–Kier alpha value is -2.25. The number of nitrogens with zero attached hydrogens (tertiary/aromatic N) is 2. The minimum atomic E-state index is -3.77. The molecule has 0 saturated heterocycles. The van der Waals surface area contributed by atoms with E-state index in [0.29, 0.717) is 17.0 Å². The van der Waals surface area contributed by atoms with E-state index in [1.807, 2.05) is 18.2 Å². The Morgan fingerprint density at radius 1 is 1.00 bits per heavy atom. The molecule has 0 radical (unpaired) electrons. The fourth-order valence-corrected chi connectivity index (χ4v) is 5.56. The van der Waals surface area contributed by atoms with E-state index < -0.39 is 22.2 Å². The molecule has 0 saturated carbocycles. The summed E-state index contributed by atoms with van der Waals surface area (Å²) in [5.74, 6) is 0. The van der Waals surface area contributed by atoms with Crippen molar-refractivity contribution in [2.45, 2.75) is 30.0 Å². The number of sulfonamides is 1. The highest BCUT2D eigenvalue weighted by atomic mass is 35.5. The molecular formula is C21H19ClN2O3S. The Labute approximate surface area is 169 Å². The molecular weight excluding hydrogens is 396 g/mol. The second-order valence-electron chi connectivity index (χ2n) is 6.79. The molecule has 1 aliphatic rings. The van der Waals surface area contributed by atoms with Gasteiger partial charge in [0.2, 0.25) is 10.0 Å². The van der Waals surface area contributed by atoms with Gasteiger partial charge in [0.1, 0.15) is 0 Å². The molecule has 4 rings (SSSR count). The molecule has 0 spiro atoms. The number of aliphatic hydroxyl groups is 1. The number of hydrogen-bond acceptors (Lipinski definition) is 4. The third-order valence-corrected chi connectivity index (χ3v) is 7.17. The molecule has 5 nitrogen and oxygen atoms in total. The third kappa shape index (κ3) is 3.56. The summed E-state index contributed by atoms with van der Waals surface area (Å²) in [7, 11) is -3.77. The van der Waals surface area contributed by atoms with E-state index in [9.17, 15) is 13.5 Å². The molecule has 3 aromatic rings. The van der Waals surface area contributed by atoms with Crippen molar-refractivity contribution in [1.29, 1.82) is 0 Å². The number of aliphatic hydroxyl groups excluding tert-OH is 1. The highest BCUT2D eigenvalue weighted by Gasteiger charge is 2.43. The van der Waals surface area contributed by atoms with Crippen LogP contribution in [0.1, 0.15) is 22.8 Å². The SMILES string of the molecule is O=S1(=O)c2ccccc2[C@H](O)[C@H](Cc2ccc(Cl)cc2)N1Cc1cccnc1. The summed E-state index contributed by atoms with van der Waals surface area (Å²) in [5, 5.41) is 11.7. The second kappa shape index (κ2) is 7.64. The Bertz CT molecular complexity index is 1070. The lowest BCUT2D eigenvalue weighted by atomic mass is 9.95.